The molecule has 0 aromatic heterocycles. The molecule has 0 aliphatic carbocycles. The molecule has 0 bridgehead atoms. The van der Waals surface area contributed by atoms with Gasteiger partial charge in [0, 0.05) is 5.54 Å². The maximum Gasteiger partial charge on any atom is 0.241 e. The molecule has 92 valence electrons. The molecule has 4 nitrogen and oxygen atoms in total. The molecule has 0 amide bonds. The minimum atomic E-state index is -3.56. The molecule has 1 aromatic rings. The molecule has 0 atom stereocenters. The maximum atomic E-state index is 12.1. The van der Waals surface area contributed by atoms with Gasteiger partial charge in [0.15, 0.2) is 0 Å². The van der Waals surface area contributed by atoms with Crippen LogP contribution < -0.4 is 4.72 Å². The van der Waals surface area contributed by atoms with Crippen molar-refractivity contribution in [3.05, 3.63) is 29.8 Å². The minimum absolute atomic E-state index is 0.123. The standard InChI is InChI=1S/C12H16N2O2S/c1-4-12(2,3)14-17(15,16)11-7-5-6-10(8-11)9-13/h5-8,14H,4H2,1-3H3. The molecule has 0 aliphatic heterocycles. The van der Waals surface area contributed by atoms with Crippen LogP contribution in [0.1, 0.15) is 32.8 Å². The highest BCUT2D eigenvalue weighted by Crippen LogP contribution is 2.16. The molecule has 0 saturated carbocycles. The lowest BCUT2D eigenvalue weighted by Crippen LogP contribution is -2.42. The molecule has 0 aliphatic rings. The second-order valence-corrected chi connectivity index (χ2v) is 6.16. The van der Waals surface area contributed by atoms with Gasteiger partial charge in [0.1, 0.15) is 0 Å². The number of hydrogen-bond acceptors (Lipinski definition) is 3. The summed E-state index contributed by atoms with van der Waals surface area (Å²) in [6, 6.07) is 7.91. The monoisotopic (exact) mass is 252 g/mol. The molecule has 0 unspecified atom stereocenters. The smallest absolute Gasteiger partial charge is 0.207 e. The number of benzene rings is 1. The molecule has 1 rings (SSSR count). The van der Waals surface area contributed by atoms with Crippen LogP contribution in [-0.4, -0.2) is 14.0 Å². The molecule has 0 spiro atoms. The number of rotatable bonds is 4. The van der Waals surface area contributed by atoms with Gasteiger partial charge in [-0.05, 0) is 38.5 Å². The van der Waals surface area contributed by atoms with Gasteiger partial charge in [-0.2, -0.15) is 5.26 Å². The van der Waals surface area contributed by atoms with E-state index in [0.29, 0.717) is 12.0 Å². The lowest BCUT2D eigenvalue weighted by Gasteiger charge is -2.24. The topological polar surface area (TPSA) is 70.0 Å². The highest BCUT2D eigenvalue weighted by Gasteiger charge is 2.24. The average molecular weight is 252 g/mol. The van der Waals surface area contributed by atoms with Crippen LogP contribution in [0.15, 0.2) is 29.2 Å². The fourth-order valence-corrected chi connectivity index (χ4v) is 2.76. The third-order valence-corrected chi connectivity index (χ3v) is 4.26. The molecule has 0 heterocycles. The van der Waals surface area contributed by atoms with E-state index in [2.05, 4.69) is 4.72 Å². The SMILES string of the molecule is CCC(C)(C)NS(=O)(=O)c1cccc(C#N)c1. The predicted octanol–water partition coefficient (Wildman–Crippen LogP) is 2.03. The minimum Gasteiger partial charge on any atom is -0.207 e. The Bertz CT molecular complexity index is 542. The Balaban J connectivity index is 3.10. The van der Waals surface area contributed by atoms with Crippen molar-refractivity contribution >= 4 is 10.0 Å². The fraction of sp³-hybridized carbons (Fsp3) is 0.417. The second-order valence-electron chi connectivity index (χ2n) is 4.48. The van der Waals surface area contributed by atoms with Crippen LogP contribution in [0.2, 0.25) is 0 Å². The van der Waals surface area contributed by atoms with Gasteiger partial charge in [0.25, 0.3) is 0 Å². The lowest BCUT2D eigenvalue weighted by molar-refractivity contribution is 0.439. The Kier molecular flexibility index (Phi) is 3.91. The highest BCUT2D eigenvalue weighted by molar-refractivity contribution is 7.89. The Morgan fingerprint density at radius 2 is 2.06 bits per heavy atom. The van der Waals surface area contributed by atoms with Gasteiger partial charge < -0.3 is 0 Å². The van der Waals surface area contributed by atoms with Crippen LogP contribution in [0.3, 0.4) is 0 Å². The number of nitrogens with one attached hydrogen (secondary N) is 1. The van der Waals surface area contributed by atoms with Crippen molar-refractivity contribution in [1.82, 2.24) is 4.72 Å². The Morgan fingerprint density at radius 1 is 1.41 bits per heavy atom. The summed E-state index contributed by atoms with van der Waals surface area (Å²) in [6.45, 7) is 5.55. The largest absolute Gasteiger partial charge is 0.241 e. The quantitative estimate of drug-likeness (QED) is 0.891. The van der Waals surface area contributed by atoms with E-state index < -0.39 is 15.6 Å². The van der Waals surface area contributed by atoms with Crippen LogP contribution in [0.25, 0.3) is 0 Å². The summed E-state index contributed by atoms with van der Waals surface area (Å²) >= 11 is 0. The molecule has 0 radical (unpaired) electrons. The van der Waals surface area contributed by atoms with E-state index in [4.69, 9.17) is 5.26 Å². The summed E-state index contributed by atoms with van der Waals surface area (Å²) in [5.41, 5.74) is -0.163. The Labute approximate surface area is 102 Å². The van der Waals surface area contributed by atoms with E-state index in [0.717, 1.165) is 0 Å². The van der Waals surface area contributed by atoms with Crippen molar-refractivity contribution in [3.63, 3.8) is 0 Å². The summed E-state index contributed by atoms with van der Waals surface area (Å²) in [5.74, 6) is 0. The van der Waals surface area contributed by atoms with Crippen LogP contribution in [-0.2, 0) is 10.0 Å². The van der Waals surface area contributed by atoms with Crippen LogP contribution in [0.4, 0.5) is 0 Å². The van der Waals surface area contributed by atoms with Gasteiger partial charge in [-0.1, -0.05) is 13.0 Å². The zero-order valence-electron chi connectivity index (χ0n) is 10.2. The number of nitrogens with zero attached hydrogens (tertiary/aromatic N) is 1. The molecule has 1 aromatic carbocycles. The second kappa shape index (κ2) is 4.86. The van der Waals surface area contributed by atoms with Crippen LogP contribution in [0.5, 0.6) is 0 Å². The zero-order chi connectivity index (χ0) is 13.1. The normalized spacial score (nSPS) is 12.1. The maximum absolute atomic E-state index is 12.1. The van der Waals surface area contributed by atoms with Crippen LogP contribution >= 0.6 is 0 Å². The van der Waals surface area contributed by atoms with E-state index in [1.807, 2.05) is 26.8 Å². The molecule has 5 heteroatoms. The number of sulfonamides is 1. The Morgan fingerprint density at radius 3 is 2.59 bits per heavy atom. The molecule has 0 saturated heterocycles. The highest BCUT2D eigenvalue weighted by atomic mass is 32.2. The first kappa shape index (κ1) is 13.7. The molecule has 1 N–H and O–H groups in total. The third kappa shape index (κ3) is 3.55. The van der Waals surface area contributed by atoms with Crippen molar-refractivity contribution in [2.75, 3.05) is 0 Å². The average Bonchev–Trinajstić information content (AvgIpc) is 2.28. The van der Waals surface area contributed by atoms with E-state index >= 15 is 0 Å². The summed E-state index contributed by atoms with van der Waals surface area (Å²) in [6.07, 6.45) is 0.685. The van der Waals surface area contributed by atoms with Gasteiger partial charge >= 0.3 is 0 Å². The van der Waals surface area contributed by atoms with Crippen molar-refractivity contribution in [1.29, 1.82) is 5.26 Å². The summed E-state index contributed by atoms with van der Waals surface area (Å²) in [5, 5.41) is 8.74. The first-order valence-electron chi connectivity index (χ1n) is 5.35. The first-order chi connectivity index (χ1) is 7.80. The number of hydrogen-bond donors (Lipinski definition) is 1. The van der Waals surface area contributed by atoms with Crippen molar-refractivity contribution in [2.45, 2.75) is 37.6 Å². The van der Waals surface area contributed by atoms with Gasteiger partial charge in [-0.15, -0.1) is 0 Å². The van der Waals surface area contributed by atoms with E-state index in [9.17, 15) is 8.42 Å². The summed E-state index contributed by atoms with van der Waals surface area (Å²) < 4.78 is 26.7. The third-order valence-electron chi connectivity index (χ3n) is 2.57. The van der Waals surface area contributed by atoms with Gasteiger partial charge in [-0.3, -0.25) is 0 Å². The zero-order valence-corrected chi connectivity index (χ0v) is 11.0. The molecule has 0 fully saturated rings. The Hall–Kier alpha value is -1.38. The molecular formula is C12H16N2O2S. The van der Waals surface area contributed by atoms with Crippen LogP contribution in [0, 0.1) is 11.3 Å². The first-order valence-corrected chi connectivity index (χ1v) is 6.83. The summed E-state index contributed by atoms with van der Waals surface area (Å²) in [4.78, 5) is 0.123. The van der Waals surface area contributed by atoms with E-state index in [1.165, 1.54) is 12.1 Å². The number of nitriles is 1. The van der Waals surface area contributed by atoms with Gasteiger partial charge in [0.2, 0.25) is 10.0 Å². The molecular weight excluding hydrogens is 236 g/mol. The fourth-order valence-electron chi connectivity index (χ4n) is 1.23. The summed E-state index contributed by atoms with van der Waals surface area (Å²) in [7, 11) is -3.56. The van der Waals surface area contributed by atoms with E-state index in [-0.39, 0.29) is 4.90 Å². The van der Waals surface area contributed by atoms with Gasteiger partial charge in [0.05, 0.1) is 16.5 Å². The molecule has 17 heavy (non-hydrogen) atoms. The van der Waals surface area contributed by atoms with Crippen molar-refractivity contribution < 1.29 is 8.42 Å². The van der Waals surface area contributed by atoms with Crippen molar-refractivity contribution in [2.24, 2.45) is 0 Å². The lowest BCUT2D eigenvalue weighted by atomic mass is 10.0. The van der Waals surface area contributed by atoms with E-state index in [1.54, 1.807) is 12.1 Å². The van der Waals surface area contributed by atoms with Crippen molar-refractivity contribution in [3.8, 4) is 6.07 Å². The predicted molar refractivity (Wildman–Crippen MR) is 65.8 cm³/mol. The van der Waals surface area contributed by atoms with Gasteiger partial charge in [-0.25, -0.2) is 13.1 Å².